The highest BCUT2D eigenvalue weighted by Gasteiger charge is 2.57. The zero-order valence-corrected chi connectivity index (χ0v) is 9.24. The van der Waals surface area contributed by atoms with Gasteiger partial charge in [0, 0.05) is 0 Å². The number of aliphatic hydroxyl groups is 1. The smallest absolute Gasteiger partial charge is 0.111 e. The van der Waals surface area contributed by atoms with Crippen molar-refractivity contribution in [1.29, 1.82) is 5.26 Å². The van der Waals surface area contributed by atoms with E-state index in [0.717, 1.165) is 37.7 Å². The van der Waals surface area contributed by atoms with Gasteiger partial charge >= 0.3 is 0 Å². The van der Waals surface area contributed by atoms with E-state index in [2.05, 4.69) is 12.1 Å². The van der Waals surface area contributed by atoms with Crippen molar-refractivity contribution in [1.82, 2.24) is 0 Å². The molecule has 1 unspecified atom stereocenters. The summed E-state index contributed by atoms with van der Waals surface area (Å²) in [5.41, 5.74) is 0.903. The van der Waals surface area contributed by atoms with E-state index in [-0.39, 0.29) is 0 Å². The quantitative estimate of drug-likeness (QED) is 0.778. The molecule has 2 heteroatoms. The zero-order valence-electron chi connectivity index (χ0n) is 9.24. The minimum absolute atomic E-state index is 0.637. The van der Waals surface area contributed by atoms with E-state index in [9.17, 15) is 10.4 Å². The Kier molecular flexibility index (Phi) is 1.90. The molecular weight excluding hydrogens is 198 g/mol. The predicted molar refractivity (Wildman–Crippen MR) is 60.9 cm³/mol. The number of fused-ring (bicyclic) bond motifs is 1. The molecule has 1 aromatic rings. The molecule has 0 amide bonds. The van der Waals surface area contributed by atoms with Gasteiger partial charge in [-0.2, -0.15) is 5.26 Å². The third kappa shape index (κ3) is 0.994. The Balaban J connectivity index is 2.15. The van der Waals surface area contributed by atoms with Crippen LogP contribution in [0, 0.1) is 11.3 Å². The molecule has 0 aromatic heterocycles. The number of nitriles is 1. The summed E-state index contributed by atoms with van der Waals surface area (Å²) >= 11 is 0. The van der Waals surface area contributed by atoms with Gasteiger partial charge in [-0.3, -0.25) is 0 Å². The lowest BCUT2D eigenvalue weighted by atomic mass is 9.59. The van der Waals surface area contributed by atoms with E-state index >= 15 is 0 Å². The summed E-state index contributed by atoms with van der Waals surface area (Å²) in [6.07, 6.45) is 4.29. The van der Waals surface area contributed by atoms with E-state index < -0.39 is 11.0 Å². The van der Waals surface area contributed by atoms with Crippen molar-refractivity contribution < 1.29 is 5.11 Å². The fraction of sp³-hybridized carbons (Fsp3) is 0.500. The highest BCUT2D eigenvalue weighted by Crippen LogP contribution is 2.53. The van der Waals surface area contributed by atoms with Crippen molar-refractivity contribution in [3.8, 4) is 6.07 Å². The molecule has 2 aliphatic carbocycles. The normalized spacial score (nSPS) is 30.2. The van der Waals surface area contributed by atoms with E-state index in [1.165, 1.54) is 5.56 Å². The van der Waals surface area contributed by atoms with Crippen LogP contribution in [0.2, 0.25) is 0 Å². The van der Waals surface area contributed by atoms with Crippen LogP contribution in [0.15, 0.2) is 24.3 Å². The maximum Gasteiger partial charge on any atom is 0.111 e. The van der Waals surface area contributed by atoms with Crippen molar-refractivity contribution in [2.24, 2.45) is 0 Å². The number of nitrogens with zero attached hydrogens (tertiary/aromatic N) is 1. The van der Waals surface area contributed by atoms with Crippen LogP contribution in [0.25, 0.3) is 0 Å². The SMILES string of the molecule is N#CC1(C2(O)CCC2)CCc2ccccc21. The largest absolute Gasteiger partial charge is 0.388 e. The fourth-order valence-electron chi connectivity index (χ4n) is 3.25. The second-order valence-corrected chi connectivity index (χ2v) is 5.06. The summed E-state index contributed by atoms with van der Waals surface area (Å²) in [6, 6.07) is 10.5. The highest BCUT2D eigenvalue weighted by molar-refractivity contribution is 5.48. The van der Waals surface area contributed by atoms with Gasteiger partial charge in [0.1, 0.15) is 5.41 Å². The molecule has 0 aliphatic heterocycles. The van der Waals surface area contributed by atoms with Gasteiger partial charge in [0.05, 0.1) is 11.7 Å². The first-order valence-corrected chi connectivity index (χ1v) is 5.94. The lowest BCUT2D eigenvalue weighted by Gasteiger charge is -2.47. The summed E-state index contributed by atoms with van der Waals surface area (Å²) in [5.74, 6) is 0. The number of hydrogen-bond acceptors (Lipinski definition) is 2. The zero-order chi connectivity index (χ0) is 11.2. The molecule has 1 saturated carbocycles. The molecule has 0 radical (unpaired) electrons. The Labute approximate surface area is 95.5 Å². The number of benzene rings is 1. The fourth-order valence-corrected chi connectivity index (χ4v) is 3.25. The molecule has 2 aliphatic rings. The van der Waals surface area contributed by atoms with Crippen LogP contribution in [0.3, 0.4) is 0 Å². The van der Waals surface area contributed by atoms with E-state index in [0.29, 0.717) is 0 Å². The number of hydrogen-bond donors (Lipinski definition) is 1. The standard InChI is InChI=1S/C14H15NO/c15-10-13(14(16)7-3-8-14)9-6-11-4-1-2-5-12(11)13/h1-2,4-5,16H,3,6-9H2. The molecule has 1 atom stereocenters. The summed E-state index contributed by atoms with van der Waals surface area (Å²) in [6.45, 7) is 0. The second-order valence-electron chi connectivity index (χ2n) is 5.06. The van der Waals surface area contributed by atoms with E-state index in [1.54, 1.807) is 0 Å². The lowest BCUT2D eigenvalue weighted by Crippen LogP contribution is -2.54. The Bertz CT molecular complexity index is 470. The van der Waals surface area contributed by atoms with Crippen LogP contribution >= 0.6 is 0 Å². The maximum absolute atomic E-state index is 10.6. The van der Waals surface area contributed by atoms with Crippen LogP contribution in [0.1, 0.15) is 36.8 Å². The van der Waals surface area contributed by atoms with Gasteiger partial charge in [-0.15, -0.1) is 0 Å². The molecule has 3 rings (SSSR count). The number of rotatable bonds is 1. The highest BCUT2D eigenvalue weighted by atomic mass is 16.3. The molecular formula is C14H15NO. The molecule has 1 aromatic carbocycles. The summed E-state index contributed by atoms with van der Waals surface area (Å²) < 4.78 is 0. The topological polar surface area (TPSA) is 44.0 Å². The lowest BCUT2D eigenvalue weighted by molar-refractivity contribution is -0.0819. The minimum Gasteiger partial charge on any atom is -0.388 e. The van der Waals surface area contributed by atoms with Gasteiger partial charge < -0.3 is 5.11 Å². The van der Waals surface area contributed by atoms with Crippen molar-refractivity contribution >= 4 is 0 Å². The van der Waals surface area contributed by atoms with Crippen molar-refractivity contribution in [3.05, 3.63) is 35.4 Å². The molecule has 0 bridgehead atoms. The maximum atomic E-state index is 10.6. The monoisotopic (exact) mass is 213 g/mol. The molecule has 16 heavy (non-hydrogen) atoms. The first-order valence-electron chi connectivity index (χ1n) is 5.94. The van der Waals surface area contributed by atoms with Crippen LogP contribution in [-0.4, -0.2) is 10.7 Å². The average molecular weight is 213 g/mol. The predicted octanol–water partition coefficient (Wildman–Crippen LogP) is 2.31. The first kappa shape index (κ1) is 9.86. The van der Waals surface area contributed by atoms with Crippen LogP contribution in [0.5, 0.6) is 0 Å². The Hall–Kier alpha value is -1.33. The summed E-state index contributed by atoms with van der Waals surface area (Å²) in [4.78, 5) is 0. The molecule has 1 N–H and O–H groups in total. The third-order valence-electron chi connectivity index (χ3n) is 4.41. The molecule has 0 spiro atoms. The summed E-state index contributed by atoms with van der Waals surface area (Å²) in [7, 11) is 0. The third-order valence-corrected chi connectivity index (χ3v) is 4.41. The van der Waals surface area contributed by atoms with Gasteiger partial charge in [0.2, 0.25) is 0 Å². The van der Waals surface area contributed by atoms with Gasteiger partial charge in [-0.25, -0.2) is 0 Å². The Morgan fingerprint density at radius 1 is 1.19 bits per heavy atom. The molecule has 2 nitrogen and oxygen atoms in total. The van der Waals surface area contributed by atoms with Gasteiger partial charge in [0.15, 0.2) is 0 Å². The van der Waals surface area contributed by atoms with Gasteiger partial charge in [-0.1, -0.05) is 24.3 Å². The average Bonchev–Trinajstić information content (AvgIpc) is 2.66. The molecule has 0 heterocycles. The van der Waals surface area contributed by atoms with E-state index in [4.69, 9.17) is 0 Å². The van der Waals surface area contributed by atoms with Crippen molar-refractivity contribution in [2.45, 2.75) is 43.1 Å². The van der Waals surface area contributed by atoms with Crippen LogP contribution in [-0.2, 0) is 11.8 Å². The minimum atomic E-state index is -0.769. The Morgan fingerprint density at radius 2 is 1.94 bits per heavy atom. The van der Waals surface area contributed by atoms with Crippen molar-refractivity contribution in [2.75, 3.05) is 0 Å². The second kappa shape index (κ2) is 3.09. The molecule has 1 fully saturated rings. The van der Waals surface area contributed by atoms with Crippen LogP contribution < -0.4 is 0 Å². The number of aryl methyl sites for hydroxylation is 1. The van der Waals surface area contributed by atoms with Crippen LogP contribution in [0.4, 0.5) is 0 Å². The van der Waals surface area contributed by atoms with Gasteiger partial charge in [0.25, 0.3) is 0 Å². The molecule has 0 saturated heterocycles. The van der Waals surface area contributed by atoms with Crippen molar-refractivity contribution in [3.63, 3.8) is 0 Å². The first-order chi connectivity index (χ1) is 7.72. The Morgan fingerprint density at radius 3 is 2.56 bits per heavy atom. The summed E-state index contributed by atoms with van der Waals surface area (Å²) in [5, 5.41) is 20.1. The van der Waals surface area contributed by atoms with E-state index in [1.807, 2.05) is 18.2 Å². The molecule has 82 valence electrons. The van der Waals surface area contributed by atoms with Gasteiger partial charge in [-0.05, 0) is 43.2 Å².